The van der Waals surface area contributed by atoms with E-state index in [4.69, 9.17) is 5.11 Å². The Bertz CT molecular complexity index is 580. The quantitative estimate of drug-likeness (QED) is 0.818. The van der Waals surface area contributed by atoms with E-state index in [2.05, 4.69) is 15.4 Å². The highest BCUT2D eigenvalue weighted by Crippen LogP contribution is 2.06. The number of carbonyl (C=O) groups is 2. The van der Waals surface area contributed by atoms with Gasteiger partial charge in [-0.1, -0.05) is 6.07 Å². The molecule has 0 bridgehead atoms. The first-order valence-corrected chi connectivity index (χ1v) is 5.57. The number of nitrogens with one attached hydrogen (secondary N) is 1. The predicted octanol–water partition coefficient (Wildman–Crippen LogP) is 0.544. The van der Waals surface area contributed by atoms with Crippen LogP contribution in [0.25, 0.3) is 0 Å². The molecule has 2 heterocycles. The highest BCUT2D eigenvalue weighted by atomic mass is 16.4. The molecule has 7 heteroatoms. The van der Waals surface area contributed by atoms with Crippen LogP contribution in [0.2, 0.25) is 0 Å². The Morgan fingerprint density at radius 2 is 2.21 bits per heavy atom. The minimum atomic E-state index is -0.991. The third-order valence-corrected chi connectivity index (χ3v) is 2.28. The molecule has 0 radical (unpaired) electrons. The van der Waals surface area contributed by atoms with Crippen molar-refractivity contribution in [3.05, 3.63) is 42.5 Å². The van der Waals surface area contributed by atoms with Gasteiger partial charge < -0.3 is 10.4 Å². The molecule has 1 amide bonds. The number of nitrogens with zero attached hydrogens (tertiary/aromatic N) is 3. The fourth-order valence-electron chi connectivity index (χ4n) is 1.53. The molecule has 2 aromatic rings. The average Bonchev–Trinajstić information content (AvgIpc) is 2.76. The fourth-order valence-corrected chi connectivity index (χ4v) is 1.53. The zero-order valence-corrected chi connectivity index (χ0v) is 9.98. The van der Waals surface area contributed by atoms with Crippen LogP contribution in [-0.2, 0) is 22.6 Å². The number of aromatic nitrogens is 3. The number of carboxylic acid groups (broad SMARTS) is 1. The van der Waals surface area contributed by atoms with Gasteiger partial charge in [-0.2, -0.15) is 5.10 Å². The Labute approximate surface area is 108 Å². The van der Waals surface area contributed by atoms with Crippen molar-refractivity contribution in [1.29, 1.82) is 0 Å². The van der Waals surface area contributed by atoms with E-state index in [0.717, 1.165) is 0 Å². The number of hydrogen-bond donors (Lipinski definition) is 2. The molecule has 0 saturated heterocycles. The summed E-state index contributed by atoms with van der Waals surface area (Å²) < 4.78 is 1.23. The zero-order valence-electron chi connectivity index (χ0n) is 9.98. The maximum Gasteiger partial charge on any atom is 0.325 e. The molecule has 2 aromatic heterocycles. The highest BCUT2D eigenvalue weighted by molar-refractivity contribution is 5.91. The molecule has 19 heavy (non-hydrogen) atoms. The first kappa shape index (κ1) is 12.7. The topological polar surface area (TPSA) is 97.1 Å². The van der Waals surface area contributed by atoms with Crippen molar-refractivity contribution in [1.82, 2.24) is 14.8 Å². The van der Waals surface area contributed by atoms with Crippen LogP contribution in [0.15, 0.2) is 36.8 Å². The number of aliphatic carboxylic acids is 1. The second kappa shape index (κ2) is 5.76. The number of carbonyl (C=O) groups excluding carboxylic acids is 1. The summed E-state index contributed by atoms with van der Waals surface area (Å²) in [6, 6.07) is 5.34. The number of pyridine rings is 1. The standard InChI is InChI=1S/C12H12N4O3/c17-11(5-9-3-1-2-4-13-9)15-10-6-14-16(7-10)8-12(18)19/h1-4,6-7H,5,8H2,(H,15,17)(H,18,19). The largest absolute Gasteiger partial charge is 0.480 e. The van der Waals surface area contributed by atoms with E-state index in [1.54, 1.807) is 24.4 Å². The van der Waals surface area contributed by atoms with E-state index in [1.165, 1.54) is 17.1 Å². The molecule has 7 nitrogen and oxygen atoms in total. The lowest BCUT2D eigenvalue weighted by atomic mass is 10.2. The van der Waals surface area contributed by atoms with Crippen molar-refractivity contribution in [2.24, 2.45) is 0 Å². The Morgan fingerprint density at radius 1 is 1.37 bits per heavy atom. The molecule has 2 N–H and O–H groups in total. The maximum absolute atomic E-state index is 11.7. The molecule has 0 aliphatic carbocycles. The van der Waals surface area contributed by atoms with Gasteiger partial charge in [0.15, 0.2) is 0 Å². The second-order valence-electron chi connectivity index (χ2n) is 3.87. The Morgan fingerprint density at radius 3 is 2.89 bits per heavy atom. The summed E-state index contributed by atoms with van der Waals surface area (Å²) in [6.45, 7) is -0.240. The van der Waals surface area contributed by atoms with Crippen LogP contribution in [0.1, 0.15) is 5.69 Å². The van der Waals surface area contributed by atoms with Crippen molar-refractivity contribution in [2.75, 3.05) is 5.32 Å². The summed E-state index contributed by atoms with van der Waals surface area (Å²) >= 11 is 0. The summed E-state index contributed by atoms with van der Waals surface area (Å²) in [5.41, 5.74) is 1.13. The van der Waals surface area contributed by atoms with E-state index in [9.17, 15) is 9.59 Å². The second-order valence-corrected chi connectivity index (χ2v) is 3.87. The summed E-state index contributed by atoms with van der Waals surface area (Å²) in [5, 5.41) is 15.0. The lowest BCUT2D eigenvalue weighted by Gasteiger charge is -2.01. The molecule has 0 aliphatic heterocycles. The lowest BCUT2D eigenvalue weighted by molar-refractivity contribution is -0.137. The number of amides is 1. The van der Waals surface area contributed by atoms with E-state index < -0.39 is 5.97 Å². The van der Waals surface area contributed by atoms with E-state index >= 15 is 0 Å². The van der Waals surface area contributed by atoms with Gasteiger partial charge in [-0.25, -0.2) is 0 Å². The number of anilines is 1. The first-order chi connectivity index (χ1) is 9.13. The van der Waals surface area contributed by atoms with Crippen molar-refractivity contribution in [2.45, 2.75) is 13.0 Å². The van der Waals surface area contributed by atoms with Crippen molar-refractivity contribution in [3.8, 4) is 0 Å². The van der Waals surface area contributed by atoms with Gasteiger partial charge >= 0.3 is 5.97 Å². The lowest BCUT2D eigenvalue weighted by Crippen LogP contribution is -2.14. The Hall–Kier alpha value is -2.70. The molecule has 2 rings (SSSR count). The molecule has 0 atom stereocenters. The summed E-state index contributed by atoms with van der Waals surface area (Å²) in [6.07, 6.45) is 4.64. The van der Waals surface area contributed by atoms with Gasteiger partial charge in [0.25, 0.3) is 0 Å². The zero-order chi connectivity index (χ0) is 13.7. The molecule has 0 fully saturated rings. The minimum Gasteiger partial charge on any atom is -0.480 e. The minimum absolute atomic E-state index is 0.158. The van der Waals surface area contributed by atoms with Crippen molar-refractivity contribution in [3.63, 3.8) is 0 Å². The Balaban J connectivity index is 1.92. The van der Waals surface area contributed by atoms with Crippen molar-refractivity contribution < 1.29 is 14.7 Å². The van der Waals surface area contributed by atoms with Gasteiger partial charge in [0.05, 0.1) is 18.3 Å². The average molecular weight is 260 g/mol. The molecule has 0 aromatic carbocycles. The van der Waals surface area contributed by atoms with Gasteiger partial charge in [-0.3, -0.25) is 19.3 Å². The molecule has 0 saturated carbocycles. The number of rotatable bonds is 5. The number of hydrogen-bond acceptors (Lipinski definition) is 4. The molecule has 0 spiro atoms. The molecular formula is C12H12N4O3. The van der Waals surface area contributed by atoms with Crippen LogP contribution in [0.5, 0.6) is 0 Å². The van der Waals surface area contributed by atoms with Crippen LogP contribution in [0.4, 0.5) is 5.69 Å². The third-order valence-electron chi connectivity index (χ3n) is 2.28. The van der Waals surface area contributed by atoms with E-state index in [-0.39, 0.29) is 18.9 Å². The smallest absolute Gasteiger partial charge is 0.325 e. The fraction of sp³-hybridized carbons (Fsp3) is 0.167. The van der Waals surface area contributed by atoms with Gasteiger partial charge in [0, 0.05) is 18.1 Å². The highest BCUT2D eigenvalue weighted by Gasteiger charge is 2.07. The number of carboxylic acids is 1. The predicted molar refractivity (Wildman–Crippen MR) is 66.4 cm³/mol. The molecule has 0 aliphatic rings. The van der Waals surface area contributed by atoms with Crippen LogP contribution in [0, 0.1) is 0 Å². The molecular weight excluding hydrogens is 248 g/mol. The van der Waals surface area contributed by atoms with E-state index in [1.807, 2.05) is 0 Å². The van der Waals surface area contributed by atoms with Crippen molar-refractivity contribution >= 4 is 17.6 Å². The van der Waals surface area contributed by atoms with Gasteiger partial charge in [0.2, 0.25) is 5.91 Å². The summed E-state index contributed by atoms with van der Waals surface area (Å²) in [4.78, 5) is 26.2. The summed E-state index contributed by atoms with van der Waals surface area (Å²) in [7, 11) is 0. The monoisotopic (exact) mass is 260 g/mol. The van der Waals surface area contributed by atoms with E-state index in [0.29, 0.717) is 11.4 Å². The SMILES string of the molecule is O=C(O)Cn1cc(NC(=O)Cc2ccccn2)cn1. The summed E-state index contributed by atoms with van der Waals surface area (Å²) in [5.74, 6) is -1.22. The van der Waals surface area contributed by atoms with Gasteiger partial charge in [-0.05, 0) is 12.1 Å². The van der Waals surface area contributed by atoms with Gasteiger partial charge in [0.1, 0.15) is 6.54 Å². The normalized spacial score (nSPS) is 10.1. The first-order valence-electron chi connectivity index (χ1n) is 5.57. The third kappa shape index (κ3) is 3.91. The van der Waals surface area contributed by atoms with Crippen LogP contribution < -0.4 is 5.32 Å². The van der Waals surface area contributed by atoms with Crippen LogP contribution in [-0.4, -0.2) is 31.7 Å². The van der Waals surface area contributed by atoms with Crippen LogP contribution in [0.3, 0.4) is 0 Å². The Kier molecular flexibility index (Phi) is 3.87. The molecule has 98 valence electrons. The van der Waals surface area contributed by atoms with Gasteiger partial charge in [-0.15, -0.1) is 0 Å². The molecule has 0 unspecified atom stereocenters. The maximum atomic E-state index is 11.7. The van der Waals surface area contributed by atoms with Crippen LogP contribution >= 0.6 is 0 Å².